The molecule has 2 fully saturated rings. The predicted octanol–water partition coefficient (Wildman–Crippen LogP) is 2.88. The summed E-state index contributed by atoms with van der Waals surface area (Å²) in [4.78, 5) is 27.4. The molecule has 3 rings (SSSR count). The number of benzene rings is 1. The van der Waals surface area contributed by atoms with Gasteiger partial charge in [0.2, 0.25) is 11.8 Å². The number of primary amides is 1. The van der Waals surface area contributed by atoms with Crippen molar-refractivity contribution in [3.05, 3.63) is 35.9 Å². The second-order valence-corrected chi connectivity index (χ2v) is 8.56. The molecule has 1 saturated heterocycles. The summed E-state index contributed by atoms with van der Waals surface area (Å²) < 4.78 is 0. The number of nitrogens with zero attached hydrogens (tertiary/aromatic N) is 2. The maximum absolute atomic E-state index is 13.4. The highest BCUT2D eigenvalue weighted by atomic mass is 16.2. The molecule has 0 radical (unpaired) electrons. The zero-order valence-electron chi connectivity index (χ0n) is 17.2. The van der Waals surface area contributed by atoms with Gasteiger partial charge in [-0.3, -0.25) is 9.59 Å². The normalized spacial score (nSPS) is 20.4. The van der Waals surface area contributed by atoms with E-state index in [0.29, 0.717) is 25.8 Å². The number of carbonyl (C=O) groups is 2. The first-order chi connectivity index (χ1) is 14.0. The third-order valence-corrected chi connectivity index (χ3v) is 6.79. The third-order valence-electron chi connectivity index (χ3n) is 6.79. The zero-order valence-corrected chi connectivity index (χ0v) is 17.2. The van der Waals surface area contributed by atoms with Gasteiger partial charge < -0.3 is 16.0 Å². The van der Waals surface area contributed by atoms with Crippen molar-refractivity contribution in [2.45, 2.75) is 69.9 Å². The number of nitrogens with two attached hydrogens (primary N) is 1. The van der Waals surface area contributed by atoms with Gasteiger partial charge in [0.25, 0.3) is 0 Å². The molecule has 1 heterocycles. The fourth-order valence-corrected chi connectivity index (χ4v) is 4.86. The maximum Gasteiger partial charge on any atom is 0.224 e. The average molecular weight is 397 g/mol. The zero-order chi connectivity index (χ0) is 20.7. The van der Waals surface area contributed by atoms with Crippen LogP contribution in [0.4, 0.5) is 0 Å². The molecule has 1 saturated carbocycles. The smallest absolute Gasteiger partial charge is 0.224 e. The Morgan fingerprint density at radius 1 is 1.07 bits per heavy atom. The maximum atomic E-state index is 13.4. The summed E-state index contributed by atoms with van der Waals surface area (Å²) in [6, 6.07) is 12.3. The summed E-state index contributed by atoms with van der Waals surface area (Å²) in [5.41, 5.74) is 5.40. The van der Waals surface area contributed by atoms with Crippen LogP contribution < -0.4 is 11.1 Å². The predicted molar refractivity (Wildman–Crippen MR) is 111 cm³/mol. The highest BCUT2D eigenvalue weighted by molar-refractivity contribution is 5.83. The number of carbonyl (C=O) groups excluding carboxylic acids is 2. The molecule has 1 aromatic carbocycles. The third kappa shape index (κ3) is 4.79. The minimum absolute atomic E-state index is 0.0523. The Bertz CT molecular complexity index is 744. The Morgan fingerprint density at radius 3 is 2.31 bits per heavy atom. The van der Waals surface area contributed by atoms with E-state index in [1.54, 1.807) is 4.90 Å². The van der Waals surface area contributed by atoms with Gasteiger partial charge >= 0.3 is 0 Å². The van der Waals surface area contributed by atoms with Gasteiger partial charge in [-0.05, 0) is 50.8 Å². The molecule has 2 amide bonds. The van der Waals surface area contributed by atoms with Gasteiger partial charge in [0.15, 0.2) is 0 Å². The lowest BCUT2D eigenvalue weighted by Crippen LogP contribution is -2.55. The minimum Gasteiger partial charge on any atom is -0.369 e. The van der Waals surface area contributed by atoms with E-state index in [-0.39, 0.29) is 18.2 Å². The molecule has 29 heavy (non-hydrogen) atoms. The number of rotatable bonds is 7. The van der Waals surface area contributed by atoms with Gasteiger partial charge in [-0.1, -0.05) is 49.6 Å². The number of hydrogen-bond donors (Lipinski definition) is 2. The summed E-state index contributed by atoms with van der Waals surface area (Å²) in [5, 5.41) is 13.3. The number of nitrogens with one attached hydrogen (secondary N) is 1. The van der Waals surface area contributed by atoms with E-state index < -0.39 is 11.0 Å². The summed E-state index contributed by atoms with van der Waals surface area (Å²) in [6.45, 7) is 1.85. The Hall–Kier alpha value is -2.39. The van der Waals surface area contributed by atoms with Crippen LogP contribution in [0.25, 0.3) is 0 Å². The first-order valence-corrected chi connectivity index (χ1v) is 10.8. The molecular formula is C23H32N4O2. The number of hydrogen-bond acceptors (Lipinski definition) is 4. The monoisotopic (exact) mass is 396 g/mol. The van der Waals surface area contributed by atoms with Gasteiger partial charge in [-0.15, -0.1) is 0 Å². The van der Waals surface area contributed by atoms with Crippen LogP contribution in [-0.4, -0.2) is 35.3 Å². The lowest BCUT2D eigenvalue weighted by molar-refractivity contribution is -0.139. The first-order valence-electron chi connectivity index (χ1n) is 10.8. The fraction of sp³-hybridized carbons (Fsp3) is 0.609. The minimum atomic E-state index is -0.801. The van der Waals surface area contributed by atoms with Crippen molar-refractivity contribution in [2.75, 3.05) is 13.1 Å². The highest BCUT2D eigenvalue weighted by Gasteiger charge is 2.43. The van der Waals surface area contributed by atoms with Crippen LogP contribution in [0.1, 0.15) is 63.4 Å². The van der Waals surface area contributed by atoms with Crippen LogP contribution in [-0.2, 0) is 16.1 Å². The number of amides is 2. The van der Waals surface area contributed by atoms with Crippen molar-refractivity contribution in [1.82, 2.24) is 10.2 Å². The summed E-state index contributed by atoms with van der Waals surface area (Å²) in [7, 11) is 0. The number of nitriles is 1. The van der Waals surface area contributed by atoms with Gasteiger partial charge in [0.1, 0.15) is 5.54 Å². The molecule has 0 unspecified atom stereocenters. The lowest BCUT2D eigenvalue weighted by atomic mass is 9.70. The van der Waals surface area contributed by atoms with Crippen molar-refractivity contribution < 1.29 is 9.59 Å². The average Bonchev–Trinajstić information content (AvgIpc) is 2.77. The molecule has 1 aliphatic carbocycles. The molecule has 0 spiro atoms. The molecule has 3 N–H and O–H groups in total. The van der Waals surface area contributed by atoms with E-state index >= 15 is 0 Å². The first kappa shape index (κ1) is 21.3. The SMILES string of the molecule is N#CC1(N(Cc2ccccc2)C(=O)CCC2(C(N)=O)CCCCC2)CCNCC1. The topological polar surface area (TPSA) is 99.2 Å². The van der Waals surface area contributed by atoms with Crippen molar-refractivity contribution in [3.63, 3.8) is 0 Å². The van der Waals surface area contributed by atoms with Gasteiger partial charge in [-0.2, -0.15) is 5.26 Å². The lowest BCUT2D eigenvalue weighted by Gasteiger charge is -2.42. The van der Waals surface area contributed by atoms with Crippen molar-refractivity contribution in [1.29, 1.82) is 5.26 Å². The molecule has 2 aliphatic rings. The van der Waals surface area contributed by atoms with Crippen LogP contribution in [0, 0.1) is 16.7 Å². The molecule has 0 bridgehead atoms. The Labute approximate surface area is 173 Å². The Balaban J connectivity index is 1.80. The molecule has 1 aliphatic heterocycles. The molecule has 0 aromatic heterocycles. The van der Waals surface area contributed by atoms with E-state index in [1.165, 1.54) is 0 Å². The van der Waals surface area contributed by atoms with Gasteiger partial charge in [0, 0.05) is 18.4 Å². The fourth-order valence-electron chi connectivity index (χ4n) is 4.86. The second kappa shape index (κ2) is 9.41. The van der Waals surface area contributed by atoms with E-state index in [1.807, 2.05) is 30.3 Å². The van der Waals surface area contributed by atoms with Crippen LogP contribution in [0.15, 0.2) is 30.3 Å². The van der Waals surface area contributed by atoms with Gasteiger partial charge in [-0.25, -0.2) is 0 Å². The Kier molecular flexibility index (Phi) is 6.92. The van der Waals surface area contributed by atoms with E-state index in [2.05, 4.69) is 11.4 Å². The standard InChI is InChI=1S/C23H32N4O2/c24-18-23(13-15-26-16-14-23)27(17-19-7-3-1-4-8-19)20(28)9-12-22(21(25)29)10-5-2-6-11-22/h1,3-4,7-8,26H,2,5-6,9-17H2,(H2,25,29). The molecule has 6 heteroatoms. The summed E-state index contributed by atoms with van der Waals surface area (Å²) in [5.74, 6) is -0.333. The summed E-state index contributed by atoms with van der Waals surface area (Å²) >= 11 is 0. The van der Waals surface area contributed by atoms with Crippen molar-refractivity contribution in [2.24, 2.45) is 11.1 Å². The second-order valence-electron chi connectivity index (χ2n) is 8.56. The molecule has 6 nitrogen and oxygen atoms in total. The van der Waals surface area contributed by atoms with E-state index in [4.69, 9.17) is 5.73 Å². The number of piperidine rings is 1. The van der Waals surface area contributed by atoms with E-state index in [9.17, 15) is 14.9 Å². The van der Waals surface area contributed by atoms with Crippen molar-refractivity contribution >= 4 is 11.8 Å². The van der Waals surface area contributed by atoms with Crippen LogP contribution in [0.5, 0.6) is 0 Å². The largest absolute Gasteiger partial charge is 0.369 e. The van der Waals surface area contributed by atoms with Crippen LogP contribution >= 0.6 is 0 Å². The molecule has 0 atom stereocenters. The molecular weight excluding hydrogens is 364 g/mol. The van der Waals surface area contributed by atoms with Crippen molar-refractivity contribution in [3.8, 4) is 6.07 Å². The molecule has 156 valence electrons. The highest BCUT2D eigenvalue weighted by Crippen LogP contribution is 2.40. The van der Waals surface area contributed by atoms with Crippen LogP contribution in [0.2, 0.25) is 0 Å². The Morgan fingerprint density at radius 2 is 1.72 bits per heavy atom. The van der Waals surface area contributed by atoms with Gasteiger partial charge in [0.05, 0.1) is 6.07 Å². The molecule has 1 aromatic rings. The van der Waals surface area contributed by atoms with Crippen LogP contribution in [0.3, 0.4) is 0 Å². The summed E-state index contributed by atoms with van der Waals surface area (Å²) in [6.07, 6.45) is 6.58. The quantitative estimate of drug-likeness (QED) is 0.740. The van der Waals surface area contributed by atoms with E-state index in [0.717, 1.165) is 50.8 Å².